The second-order valence-electron chi connectivity index (χ2n) is 4.34. The van der Waals surface area contributed by atoms with E-state index in [2.05, 4.69) is 5.10 Å². The predicted octanol–water partition coefficient (Wildman–Crippen LogP) is 2.36. The number of aliphatic carboxylic acids is 1. The number of aromatic nitrogens is 2. The number of thiophene rings is 1. The quantitative estimate of drug-likeness (QED) is 0.694. The molecule has 0 atom stereocenters. The van der Waals surface area contributed by atoms with Gasteiger partial charge in [-0.25, -0.2) is 4.68 Å². The number of nitrogens with zero attached hydrogens (tertiary/aromatic N) is 2. The maximum atomic E-state index is 10.6. The third-order valence-electron chi connectivity index (χ3n) is 2.92. The average Bonchev–Trinajstić information content (AvgIpc) is 3.15. The van der Waals surface area contributed by atoms with E-state index in [1.165, 1.54) is 6.08 Å². The Kier molecular flexibility index (Phi) is 3.66. The van der Waals surface area contributed by atoms with Crippen LogP contribution in [0.25, 0.3) is 22.3 Å². The van der Waals surface area contributed by atoms with Gasteiger partial charge in [0.1, 0.15) is 5.69 Å². The van der Waals surface area contributed by atoms with E-state index in [9.17, 15) is 9.90 Å². The van der Waals surface area contributed by atoms with Crippen molar-refractivity contribution in [1.29, 1.82) is 0 Å². The summed E-state index contributed by atoms with van der Waals surface area (Å²) in [5, 5.41) is 17.1. The number of carbonyl (C=O) groups is 1. The van der Waals surface area contributed by atoms with Gasteiger partial charge in [-0.05, 0) is 35.7 Å². The van der Waals surface area contributed by atoms with Crippen molar-refractivity contribution in [1.82, 2.24) is 9.78 Å². The van der Waals surface area contributed by atoms with E-state index in [4.69, 9.17) is 0 Å². The minimum atomic E-state index is -1.22. The molecule has 2 heterocycles. The summed E-state index contributed by atoms with van der Waals surface area (Å²) in [7, 11) is 0. The molecule has 0 aliphatic rings. The van der Waals surface area contributed by atoms with E-state index in [0.717, 1.165) is 27.9 Å². The van der Waals surface area contributed by atoms with E-state index in [1.807, 2.05) is 54.0 Å². The van der Waals surface area contributed by atoms with Crippen molar-refractivity contribution in [2.24, 2.45) is 0 Å². The van der Waals surface area contributed by atoms with Crippen LogP contribution in [0, 0.1) is 0 Å². The number of carboxylic acid groups (broad SMARTS) is 1. The number of rotatable bonds is 4. The lowest BCUT2D eigenvalue weighted by Gasteiger charge is -1.99. The van der Waals surface area contributed by atoms with Crippen molar-refractivity contribution in [3.63, 3.8) is 0 Å². The Balaban J connectivity index is 2.09. The number of hydrogen-bond acceptors (Lipinski definition) is 4. The van der Waals surface area contributed by atoms with Crippen molar-refractivity contribution >= 4 is 23.4 Å². The summed E-state index contributed by atoms with van der Waals surface area (Å²) in [5.74, 6) is -1.22. The molecule has 0 radical (unpaired) electrons. The van der Waals surface area contributed by atoms with E-state index >= 15 is 0 Å². The number of benzene rings is 1. The van der Waals surface area contributed by atoms with E-state index in [1.54, 1.807) is 16.0 Å². The van der Waals surface area contributed by atoms with Crippen LogP contribution in [-0.2, 0) is 4.79 Å². The van der Waals surface area contributed by atoms with Crippen LogP contribution in [0.15, 0.2) is 60.1 Å². The summed E-state index contributed by atoms with van der Waals surface area (Å²) in [6, 6.07) is 13.6. The van der Waals surface area contributed by atoms with Gasteiger partial charge in [-0.1, -0.05) is 24.3 Å². The molecular weight excluding hydrogens is 284 g/mol. The highest BCUT2D eigenvalue weighted by Crippen LogP contribution is 2.28. The Morgan fingerprint density at radius 3 is 2.67 bits per heavy atom. The van der Waals surface area contributed by atoms with Crippen LogP contribution in [0.2, 0.25) is 0 Å². The fourth-order valence-electron chi connectivity index (χ4n) is 1.98. The van der Waals surface area contributed by atoms with Crippen molar-refractivity contribution in [3.8, 4) is 16.3 Å². The molecule has 0 amide bonds. The van der Waals surface area contributed by atoms with Gasteiger partial charge in [0.2, 0.25) is 0 Å². The molecule has 0 aliphatic heterocycles. The minimum absolute atomic E-state index is 0.741. The maximum Gasteiger partial charge on any atom is 0.110 e. The molecule has 0 N–H and O–H groups in total. The lowest BCUT2D eigenvalue weighted by molar-refractivity contribution is -0.297. The topological polar surface area (TPSA) is 57.9 Å². The van der Waals surface area contributed by atoms with Gasteiger partial charge >= 0.3 is 0 Å². The highest BCUT2D eigenvalue weighted by molar-refractivity contribution is 7.13. The Hall–Kier alpha value is -2.66. The standard InChI is InChI=1S/C16H12N2O2S/c19-15(20)9-8-12-11-18(13-5-2-1-3-6-13)17-16(12)14-7-4-10-21-14/h1-11H,(H,19,20)/p-1/b9-8+. The highest BCUT2D eigenvalue weighted by Gasteiger charge is 2.10. The first kappa shape index (κ1) is 13.3. The zero-order valence-corrected chi connectivity index (χ0v) is 11.8. The zero-order chi connectivity index (χ0) is 14.7. The molecule has 0 bridgehead atoms. The van der Waals surface area contributed by atoms with Crippen molar-refractivity contribution < 1.29 is 9.90 Å². The predicted molar refractivity (Wildman–Crippen MR) is 80.9 cm³/mol. The van der Waals surface area contributed by atoms with Gasteiger partial charge in [-0.15, -0.1) is 11.3 Å². The molecule has 0 unspecified atom stereocenters. The van der Waals surface area contributed by atoms with Gasteiger partial charge in [0.05, 0.1) is 16.5 Å². The summed E-state index contributed by atoms with van der Waals surface area (Å²) in [4.78, 5) is 11.6. The Bertz CT molecular complexity index is 774. The van der Waals surface area contributed by atoms with Crippen molar-refractivity contribution in [3.05, 3.63) is 65.7 Å². The molecule has 0 saturated carbocycles. The lowest BCUT2D eigenvalue weighted by atomic mass is 10.2. The van der Waals surface area contributed by atoms with Crippen molar-refractivity contribution in [2.75, 3.05) is 0 Å². The van der Waals surface area contributed by atoms with Crippen molar-refractivity contribution in [2.45, 2.75) is 0 Å². The molecule has 4 nitrogen and oxygen atoms in total. The molecule has 2 aromatic heterocycles. The van der Waals surface area contributed by atoms with Gasteiger partial charge in [0, 0.05) is 11.8 Å². The van der Waals surface area contributed by atoms with Crippen LogP contribution in [0.3, 0.4) is 0 Å². The largest absolute Gasteiger partial charge is 0.545 e. The van der Waals surface area contributed by atoms with Gasteiger partial charge < -0.3 is 9.90 Å². The Labute approximate surface area is 125 Å². The third kappa shape index (κ3) is 2.93. The van der Waals surface area contributed by atoms with E-state index < -0.39 is 5.97 Å². The molecular formula is C16H11N2O2S-. The Morgan fingerprint density at radius 2 is 2.00 bits per heavy atom. The third-order valence-corrected chi connectivity index (χ3v) is 3.79. The summed E-state index contributed by atoms with van der Waals surface area (Å²) >= 11 is 1.56. The molecule has 0 fully saturated rings. The van der Waals surface area contributed by atoms with Gasteiger partial charge in [0.25, 0.3) is 0 Å². The number of carbonyl (C=O) groups excluding carboxylic acids is 1. The smallest absolute Gasteiger partial charge is 0.110 e. The second kappa shape index (κ2) is 5.76. The summed E-state index contributed by atoms with van der Waals surface area (Å²) in [6.45, 7) is 0. The number of para-hydroxylation sites is 1. The number of carboxylic acids is 1. The molecule has 3 aromatic rings. The molecule has 1 aromatic carbocycles. The maximum absolute atomic E-state index is 10.6. The van der Waals surface area contributed by atoms with Gasteiger partial charge in [0.15, 0.2) is 0 Å². The monoisotopic (exact) mass is 295 g/mol. The summed E-state index contributed by atoms with van der Waals surface area (Å²) < 4.78 is 1.74. The molecule has 0 spiro atoms. The molecule has 21 heavy (non-hydrogen) atoms. The zero-order valence-electron chi connectivity index (χ0n) is 11.0. The second-order valence-corrected chi connectivity index (χ2v) is 5.29. The first-order valence-corrected chi connectivity index (χ1v) is 7.20. The van der Waals surface area contributed by atoms with Crippen LogP contribution >= 0.6 is 11.3 Å². The van der Waals surface area contributed by atoms with Crippen LogP contribution in [0.5, 0.6) is 0 Å². The molecule has 0 aliphatic carbocycles. The van der Waals surface area contributed by atoms with Crippen LogP contribution in [0.4, 0.5) is 0 Å². The van der Waals surface area contributed by atoms with Crippen LogP contribution < -0.4 is 5.11 Å². The fourth-order valence-corrected chi connectivity index (χ4v) is 2.72. The fraction of sp³-hybridized carbons (Fsp3) is 0. The van der Waals surface area contributed by atoms with Crippen LogP contribution in [0.1, 0.15) is 5.56 Å². The molecule has 104 valence electrons. The SMILES string of the molecule is O=C([O-])/C=C/c1cn(-c2ccccc2)nc1-c1cccs1. The first-order chi connectivity index (χ1) is 10.2. The number of hydrogen-bond donors (Lipinski definition) is 0. The lowest BCUT2D eigenvalue weighted by Crippen LogP contribution is -2.18. The highest BCUT2D eigenvalue weighted by atomic mass is 32.1. The van der Waals surface area contributed by atoms with Gasteiger partial charge in [-0.2, -0.15) is 5.10 Å². The molecule has 3 rings (SSSR count). The van der Waals surface area contributed by atoms with Gasteiger partial charge in [-0.3, -0.25) is 0 Å². The normalized spacial score (nSPS) is 11.0. The first-order valence-electron chi connectivity index (χ1n) is 6.32. The average molecular weight is 295 g/mol. The minimum Gasteiger partial charge on any atom is -0.545 e. The summed E-state index contributed by atoms with van der Waals surface area (Å²) in [6.07, 6.45) is 4.34. The molecule has 0 saturated heterocycles. The molecule has 5 heteroatoms. The van der Waals surface area contributed by atoms with E-state index in [-0.39, 0.29) is 0 Å². The Morgan fingerprint density at radius 1 is 1.19 bits per heavy atom. The van der Waals surface area contributed by atoms with Crippen LogP contribution in [-0.4, -0.2) is 15.7 Å². The summed E-state index contributed by atoms with van der Waals surface area (Å²) in [5.41, 5.74) is 2.42. The van der Waals surface area contributed by atoms with E-state index in [0.29, 0.717) is 0 Å².